The highest BCUT2D eigenvalue weighted by molar-refractivity contribution is 7.89. The number of nitrogens with zero attached hydrogens (tertiary/aromatic N) is 1. The van der Waals surface area contributed by atoms with Crippen molar-refractivity contribution in [3.8, 4) is 11.5 Å². The molecule has 0 heterocycles. The van der Waals surface area contributed by atoms with Gasteiger partial charge in [0.2, 0.25) is 10.0 Å². The van der Waals surface area contributed by atoms with Gasteiger partial charge in [0.05, 0.1) is 4.90 Å². The highest BCUT2D eigenvalue weighted by Crippen LogP contribution is 2.30. The van der Waals surface area contributed by atoms with Gasteiger partial charge in [-0.1, -0.05) is 0 Å². The van der Waals surface area contributed by atoms with Crippen molar-refractivity contribution in [2.75, 3.05) is 27.2 Å². The lowest BCUT2D eigenvalue weighted by molar-refractivity contribution is -0.116. The molecule has 0 aliphatic rings. The second-order valence-electron chi connectivity index (χ2n) is 7.28. The second kappa shape index (κ2) is 11.0. The molecule has 9 nitrogen and oxygen atoms in total. The summed E-state index contributed by atoms with van der Waals surface area (Å²) in [7, 11) is -0.107. The Morgan fingerprint density at radius 1 is 1.18 bits per heavy atom. The summed E-state index contributed by atoms with van der Waals surface area (Å²) in [6, 6.07) is 7.02. The smallest absolute Gasteiger partial charge is 0.253 e. The number of nitrogens with two attached hydrogens (primary N) is 1. The van der Waals surface area contributed by atoms with Crippen LogP contribution in [0.4, 0.5) is 8.78 Å². The SMILES string of the molecule is C/C(=C\c1cc(F)c(Oc2ccc(S(=O)(=O)NCCN(C)C)cc2)c(F)c1)C(=O)NC(=N)N. The Bertz CT molecular complexity index is 1140. The molecular weight excluding hydrogens is 456 g/mol. The van der Waals surface area contributed by atoms with Crippen molar-refractivity contribution in [3.05, 3.63) is 59.2 Å². The average Bonchev–Trinajstić information content (AvgIpc) is 2.70. The van der Waals surface area contributed by atoms with Gasteiger partial charge in [0.25, 0.3) is 5.91 Å². The first-order valence-electron chi connectivity index (χ1n) is 9.64. The van der Waals surface area contributed by atoms with Crippen LogP contribution in [0.15, 0.2) is 46.9 Å². The number of amides is 1. The molecule has 33 heavy (non-hydrogen) atoms. The monoisotopic (exact) mass is 481 g/mol. The first kappa shape index (κ1) is 25.9. The predicted octanol–water partition coefficient (Wildman–Crippen LogP) is 2.01. The molecule has 0 aromatic heterocycles. The van der Waals surface area contributed by atoms with E-state index in [0.29, 0.717) is 6.54 Å². The minimum absolute atomic E-state index is 0.0191. The summed E-state index contributed by atoms with van der Waals surface area (Å²) in [6.07, 6.45) is 1.22. The first-order chi connectivity index (χ1) is 15.4. The number of rotatable bonds is 9. The van der Waals surface area contributed by atoms with Crippen LogP contribution in [0.3, 0.4) is 0 Å². The number of guanidine groups is 1. The Morgan fingerprint density at radius 3 is 2.27 bits per heavy atom. The van der Waals surface area contributed by atoms with E-state index in [-0.39, 0.29) is 28.3 Å². The van der Waals surface area contributed by atoms with Gasteiger partial charge in [-0.2, -0.15) is 0 Å². The van der Waals surface area contributed by atoms with Gasteiger partial charge in [0.1, 0.15) is 5.75 Å². The maximum atomic E-state index is 14.5. The van der Waals surface area contributed by atoms with E-state index in [1.165, 1.54) is 37.3 Å². The zero-order valence-corrected chi connectivity index (χ0v) is 19.1. The van der Waals surface area contributed by atoms with Gasteiger partial charge in [-0.3, -0.25) is 15.5 Å². The molecule has 1 amide bonds. The van der Waals surface area contributed by atoms with E-state index in [1.807, 2.05) is 19.0 Å². The summed E-state index contributed by atoms with van der Waals surface area (Å²) in [4.78, 5) is 13.6. The van der Waals surface area contributed by atoms with Crippen LogP contribution in [0.2, 0.25) is 0 Å². The van der Waals surface area contributed by atoms with E-state index in [1.54, 1.807) is 0 Å². The maximum absolute atomic E-state index is 14.5. The van der Waals surface area contributed by atoms with Crippen LogP contribution in [0, 0.1) is 17.0 Å². The Morgan fingerprint density at radius 2 is 1.76 bits per heavy atom. The van der Waals surface area contributed by atoms with E-state index < -0.39 is 39.3 Å². The van der Waals surface area contributed by atoms with E-state index in [0.717, 1.165) is 12.1 Å². The van der Waals surface area contributed by atoms with Crippen molar-refractivity contribution >= 4 is 28.0 Å². The lowest BCUT2D eigenvalue weighted by atomic mass is 10.1. The van der Waals surface area contributed by atoms with Crippen LogP contribution in [-0.4, -0.2) is 52.4 Å². The lowest BCUT2D eigenvalue weighted by Gasteiger charge is -2.12. The molecule has 0 spiro atoms. The fraction of sp³-hybridized carbons (Fsp3) is 0.238. The first-order valence-corrected chi connectivity index (χ1v) is 11.1. The Labute approximate surface area is 190 Å². The van der Waals surface area contributed by atoms with Crippen molar-refractivity contribution in [1.82, 2.24) is 14.9 Å². The van der Waals surface area contributed by atoms with Crippen molar-refractivity contribution in [2.45, 2.75) is 11.8 Å². The third-order valence-electron chi connectivity index (χ3n) is 4.22. The lowest BCUT2D eigenvalue weighted by Crippen LogP contribution is -2.36. The van der Waals surface area contributed by atoms with Crippen molar-refractivity contribution < 1.29 is 26.7 Å². The second-order valence-corrected chi connectivity index (χ2v) is 9.05. The van der Waals surface area contributed by atoms with Gasteiger partial charge in [0.15, 0.2) is 23.3 Å². The summed E-state index contributed by atoms with van der Waals surface area (Å²) < 4.78 is 61.2. The summed E-state index contributed by atoms with van der Waals surface area (Å²) in [5.41, 5.74) is 5.21. The number of hydrogen-bond donors (Lipinski definition) is 4. The van der Waals surface area contributed by atoms with Crippen molar-refractivity contribution in [1.29, 1.82) is 5.41 Å². The van der Waals surface area contributed by atoms with Crippen LogP contribution in [0.25, 0.3) is 6.08 Å². The molecule has 5 N–H and O–H groups in total. The maximum Gasteiger partial charge on any atom is 0.253 e. The van der Waals surface area contributed by atoms with Crippen LogP contribution in [-0.2, 0) is 14.8 Å². The molecule has 0 atom stereocenters. The number of hydrogen-bond acceptors (Lipinski definition) is 6. The minimum Gasteiger partial charge on any atom is -0.451 e. The van der Waals surface area contributed by atoms with Crippen LogP contribution < -0.4 is 20.5 Å². The summed E-state index contributed by atoms with van der Waals surface area (Å²) in [6.45, 7) is 2.13. The number of nitrogens with one attached hydrogen (secondary N) is 3. The molecule has 2 rings (SSSR count). The standard InChI is InChI=1S/C21H25F2N5O4S/c1-13(20(29)27-21(24)25)10-14-11-17(22)19(18(23)12-14)32-15-4-6-16(7-5-15)33(30,31)26-8-9-28(2)3/h4-7,10-12,26H,8-9H2,1-3H3,(H4,24,25,27,29)/b13-10+. The normalized spacial score (nSPS) is 12.0. The molecule has 0 radical (unpaired) electrons. The summed E-state index contributed by atoms with van der Waals surface area (Å²) in [5, 5.41) is 9.10. The number of carbonyl (C=O) groups excluding carboxylic acids is 1. The number of ether oxygens (including phenoxy) is 1. The molecular formula is C21H25F2N5O4S. The molecule has 12 heteroatoms. The number of benzene rings is 2. The minimum atomic E-state index is -3.73. The summed E-state index contributed by atoms with van der Waals surface area (Å²) >= 11 is 0. The van der Waals surface area contributed by atoms with Gasteiger partial charge in [-0.05, 0) is 69.1 Å². The molecule has 0 aliphatic carbocycles. The zero-order valence-electron chi connectivity index (χ0n) is 18.3. The molecule has 178 valence electrons. The molecule has 0 unspecified atom stereocenters. The van der Waals surface area contributed by atoms with E-state index in [4.69, 9.17) is 15.9 Å². The highest BCUT2D eigenvalue weighted by atomic mass is 32.2. The number of sulfonamides is 1. The molecule has 0 fully saturated rings. The third kappa shape index (κ3) is 7.63. The zero-order chi connectivity index (χ0) is 24.8. The Hall–Kier alpha value is -3.35. The largest absolute Gasteiger partial charge is 0.451 e. The van der Waals surface area contributed by atoms with E-state index in [9.17, 15) is 22.0 Å². The number of halogens is 2. The highest BCUT2D eigenvalue weighted by Gasteiger charge is 2.16. The number of carbonyl (C=O) groups is 1. The van der Waals surface area contributed by atoms with Crippen molar-refractivity contribution in [2.24, 2.45) is 5.73 Å². The van der Waals surface area contributed by atoms with Crippen molar-refractivity contribution in [3.63, 3.8) is 0 Å². The predicted molar refractivity (Wildman–Crippen MR) is 120 cm³/mol. The fourth-order valence-electron chi connectivity index (χ4n) is 2.59. The average molecular weight is 482 g/mol. The van der Waals surface area contributed by atoms with Crippen LogP contribution >= 0.6 is 0 Å². The quantitative estimate of drug-likeness (QED) is 0.246. The van der Waals surface area contributed by atoms with E-state index >= 15 is 0 Å². The Kier molecular flexibility index (Phi) is 8.63. The van der Waals surface area contributed by atoms with Crippen LogP contribution in [0.1, 0.15) is 12.5 Å². The van der Waals surface area contributed by atoms with Gasteiger partial charge in [-0.15, -0.1) is 0 Å². The molecule has 2 aromatic rings. The fourth-order valence-corrected chi connectivity index (χ4v) is 3.61. The molecule has 0 bridgehead atoms. The number of likely N-dealkylation sites (N-methyl/N-ethyl adjacent to an activating group) is 1. The van der Waals surface area contributed by atoms with Gasteiger partial charge in [0, 0.05) is 18.7 Å². The molecule has 0 saturated heterocycles. The van der Waals surface area contributed by atoms with Crippen LogP contribution in [0.5, 0.6) is 11.5 Å². The summed E-state index contributed by atoms with van der Waals surface area (Å²) in [5.74, 6) is -3.95. The Balaban J connectivity index is 2.16. The molecule has 2 aromatic carbocycles. The molecule has 0 aliphatic heterocycles. The van der Waals surface area contributed by atoms with Gasteiger partial charge >= 0.3 is 0 Å². The van der Waals surface area contributed by atoms with Gasteiger partial charge < -0.3 is 15.4 Å². The molecule has 0 saturated carbocycles. The third-order valence-corrected chi connectivity index (χ3v) is 5.69. The van der Waals surface area contributed by atoms with E-state index in [2.05, 4.69) is 10.0 Å². The van der Waals surface area contributed by atoms with Gasteiger partial charge in [-0.25, -0.2) is 21.9 Å². The topological polar surface area (TPSA) is 138 Å².